The minimum Gasteiger partial charge on any atom is -0.493 e. The van der Waals surface area contributed by atoms with Crippen molar-refractivity contribution in [3.8, 4) is 11.5 Å². The largest absolute Gasteiger partial charge is 0.493 e. The molecule has 0 spiro atoms. The van der Waals surface area contributed by atoms with E-state index in [-0.39, 0.29) is 18.1 Å². The molecule has 72 heavy (non-hydrogen) atoms. The van der Waals surface area contributed by atoms with Crippen molar-refractivity contribution < 1.29 is 119 Å². The third-order valence-corrected chi connectivity index (χ3v) is 11.7. The Labute approximate surface area is 411 Å². The summed E-state index contributed by atoms with van der Waals surface area (Å²) in [5, 5.41) is 0. The van der Waals surface area contributed by atoms with E-state index in [0.717, 1.165) is 47.6 Å². The summed E-state index contributed by atoms with van der Waals surface area (Å²) < 4.78 is 92.7. The maximum Gasteiger partial charge on any atom is 0.331 e. The van der Waals surface area contributed by atoms with Crippen LogP contribution < -0.4 is 9.47 Å². The molecule has 0 N–H and O–H groups in total. The van der Waals surface area contributed by atoms with Gasteiger partial charge in [0.15, 0.2) is 54.4 Å². The van der Waals surface area contributed by atoms with Crippen LogP contribution in [0.5, 0.6) is 11.5 Å². The van der Waals surface area contributed by atoms with E-state index < -0.39 is 158 Å². The van der Waals surface area contributed by atoms with Crippen LogP contribution in [0.4, 0.5) is 0 Å². The fraction of sp³-hybridized carbons (Fsp3) is 0.596. The van der Waals surface area contributed by atoms with Crippen LogP contribution in [-0.4, -0.2) is 160 Å². The number of carbonyl (C=O) groups is 9. The van der Waals surface area contributed by atoms with Crippen molar-refractivity contribution in [2.75, 3.05) is 20.3 Å². The van der Waals surface area contributed by atoms with Gasteiger partial charge in [-0.2, -0.15) is 0 Å². The van der Waals surface area contributed by atoms with Crippen molar-refractivity contribution in [2.45, 2.75) is 148 Å². The number of epoxide rings is 1. The summed E-state index contributed by atoms with van der Waals surface area (Å²) in [6.07, 6.45) is -13.2. The zero-order valence-corrected chi connectivity index (χ0v) is 40.8. The second-order valence-corrected chi connectivity index (χ2v) is 17.1. The highest BCUT2D eigenvalue weighted by Crippen LogP contribution is 2.61. The molecule has 394 valence electrons. The van der Waals surface area contributed by atoms with E-state index in [1.54, 1.807) is 12.1 Å². The third kappa shape index (κ3) is 13.0. The Bertz CT molecular complexity index is 2310. The van der Waals surface area contributed by atoms with Crippen LogP contribution in [0.2, 0.25) is 0 Å². The lowest BCUT2D eigenvalue weighted by molar-refractivity contribution is -0.349. The van der Waals surface area contributed by atoms with E-state index in [1.165, 1.54) is 52.4 Å². The number of hydrogen-bond donors (Lipinski definition) is 0. The lowest BCUT2D eigenvalue weighted by Crippen LogP contribution is -2.64. The van der Waals surface area contributed by atoms with E-state index in [2.05, 4.69) is 0 Å². The van der Waals surface area contributed by atoms with E-state index in [9.17, 15) is 43.2 Å². The Balaban J connectivity index is 1.29. The third-order valence-electron chi connectivity index (χ3n) is 11.7. The zero-order chi connectivity index (χ0) is 52.8. The molecule has 0 aromatic heterocycles. The number of benzene rings is 1. The molecule has 25 heteroatoms. The predicted molar refractivity (Wildman–Crippen MR) is 232 cm³/mol. The normalized spacial score (nSPS) is 33.1. The van der Waals surface area contributed by atoms with Crippen LogP contribution in [0.1, 0.15) is 67.9 Å². The fourth-order valence-corrected chi connectivity index (χ4v) is 9.03. The molecule has 4 aliphatic heterocycles. The van der Waals surface area contributed by atoms with Gasteiger partial charge in [0.25, 0.3) is 0 Å². The van der Waals surface area contributed by atoms with Gasteiger partial charge in [-0.3, -0.25) is 38.4 Å². The minimum atomic E-state index is -1.71. The summed E-state index contributed by atoms with van der Waals surface area (Å²) in [5.41, 5.74) is -1.02. The Morgan fingerprint density at radius 2 is 1.17 bits per heavy atom. The summed E-state index contributed by atoms with van der Waals surface area (Å²) in [6.45, 7) is 9.41. The number of rotatable bonds is 18. The summed E-state index contributed by atoms with van der Waals surface area (Å²) in [5.74, 6) is -8.73. The minimum absolute atomic E-state index is 0.0930. The molecule has 4 fully saturated rings. The van der Waals surface area contributed by atoms with E-state index in [0.29, 0.717) is 5.56 Å². The summed E-state index contributed by atoms with van der Waals surface area (Å²) in [4.78, 5) is 112. The number of methoxy groups -OCH3 is 1. The van der Waals surface area contributed by atoms with Crippen molar-refractivity contribution >= 4 is 59.8 Å². The van der Waals surface area contributed by atoms with Gasteiger partial charge in [0.05, 0.1) is 31.5 Å². The Kier molecular flexibility index (Phi) is 17.7. The van der Waals surface area contributed by atoms with E-state index in [1.807, 2.05) is 0 Å². The molecule has 3 saturated heterocycles. The van der Waals surface area contributed by atoms with Crippen LogP contribution >= 0.6 is 0 Å². The average molecular weight is 1020 g/mol. The zero-order valence-electron chi connectivity index (χ0n) is 40.8. The average Bonchev–Trinajstić information content (AvgIpc) is 3.95. The van der Waals surface area contributed by atoms with Gasteiger partial charge in [-0.1, -0.05) is 6.07 Å². The highest BCUT2D eigenvalue weighted by atomic mass is 16.8. The highest BCUT2D eigenvalue weighted by Gasteiger charge is 2.78. The molecule has 1 saturated carbocycles. The molecule has 0 unspecified atom stereocenters. The maximum atomic E-state index is 13.4. The van der Waals surface area contributed by atoms with Crippen molar-refractivity contribution in [2.24, 2.45) is 11.8 Å². The Morgan fingerprint density at radius 3 is 1.74 bits per heavy atom. The summed E-state index contributed by atoms with van der Waals surface area (Å²) in [7, 11) is 1.39. The van der Waals surface area contributed by atoms with Crippen LogP contribution in [-0.2, 0) is 109 Å². The molecule has 1 aromatic rings. The Morgan fingerprint density at radius 1 is 0.597 bits per heavy atom. The lowest BCUT2D eigenvalue weighted by atomic mass is 9.85. The van der Waals surface area contributed by atoms with Crippen molar-refractivity contribution in [1.29, 1.82) is 0 Å². The lowest BCUT2D eigenvalue weighted by Gasteiger charge is -2.46. The van der Waals surface area contributed by atoms with Crippen LogP contribution in [0.15, 0.2) is 36.6 Å². The number of carbonyl (C=O) groups excluding carboxylic acids is 9. The number of fused-ring (bicyclic) bond motifs is 3. The molecule has 5 aliphatic rings. The molecular formula is C47H56O25. The maximum absolute atomic E-state index is 13.4. The SMILES string of the molecule is COc1ccc(/C=C/C(=O)O[C@@H]2[C@@H](OC(C)=O)[C@@H](OC(C)=O)[C@H](O[C@H]3[C@@H]4C=CO[C@@H](O[C@@H]5O[C@H](COC(C)=O)[C@@H](OC(C)=O)[C@H](OC(C)=O)[C@H]5OC(C)=O)[C@@H]4[C@@]4(COC(C)=O)O[C@@H]34)O[C@H]2C)cc1OC(C)=O. The first-order valence-corrected chi connectivity index (χ1v) is 22.5. The predicted octanol–water partition coefficient (Wildman–Crippen LogP) is 1.46. The van der Waals surface area contributed by atoms with Crippen molar-refractivity contribution in [3.05, 3.63) is 42.2 Å². The quantitative estimate of drug-likeness (QED) is 0.0661. The molecule has 16 atom stereocenters. The second kappa shape index (κ2) is 23.3. The number of ether oxygens (including phenoxy) is 16. The van der Waals surface area contributed by atoms with Gasteiger partial charge in [0, 0.05) is 67.4 Å². The standard InChI is InChI=1S/C47H56O25/c1-20-36(69-34(56)14-12-29-11-13-31(57-10)32(17-29)62-23(4)50)39(64-25(6)52)41(66-27(8)54)45(61-20)70-37-30-15-16-58-44(35(30)47(43(37)72-47)19-60-22(3)49)71-46-42(67-28(9)55)40(65-26(7)53)38(63-24(5)51)33(68-46)18-59-21(2)48/h11-17,20,30,33,35-46H,18-19H2,1-10H3/b14-12+/t20-,30+,33+,35+,36-,37-,38+,39+,40-,41+,42+,43-,44-,45-,46-,47+/m0/s1. The number of hydrogen-bond acceptors (Lipinski definition) is 25. The molecule has 1 aromatic carbocycles. The van der Waals surface area contributed by atoms with Gasteiger partial charge in [0.2, 0.25) is 12.6 Å². The molecule has 0 bridgehead atoms. The van der Waals surface area contributed by atoms with Gasteiger partial charge >= 0.3 is 53.7 Å². The van der Waals surface area contributed by atoms with Gasteiger partial charge < -0.3 is 75.8 Å². The smallest absolute Gasteiger partial charge is 0.331 e. The van der Waals surface area contributed by atoms with Gasteiger partial charge in [-0.25, -0.2) is 4.79 Å². The fourth-order valence-electron chi connectivity index (χ4n) is 9.03. The molecule has 0 amide bonds. The van der Waals surface area contributed by atoms with E-state index in [4.69, 9.17) is 75.8 Å². The van der Waals surface area contributed by atoms with Crippen LogP contribution in [0, 0.1) is 11.8 Å². The van der Waals surface area contributed by atoms with Gasteiger partial charge in [-0.15, -0.1) is 0 Å². The van der Waals surface area contributed by atoms with Crippen molar-refractivity contribution in [3.63, 3.8) is 0 Å². The number of esters is 9. The first-order chi connectivity index (χ1) is 34.0. The molecule has 4 heterocycles. The monoisotopic (exact) mass is 1020 g/mol. The van der Waals surface area contributed by atoms with Crippen LogP contribution in [0.3, 0.4) is 0 Å². The first-order valence-electron chi connectivity index (χ1n) is 22.5. The van der Waals surface area contributed by atoms with Crippen molar-refractivity contribution in [1.82, 2.24) is 0 Å². The molecular weight excluding hydrogens is 964 g/mol. The molecule has 0 radical (unpaired) electrons. The second-order valence-electron chi connectivity index (χ2n) is 17.1. The van der Waals surface area contributed by atoms with Crippen LogP contribution in [0.25, 0.3) is 6.08 Å². The van der Waals surface area contributed by atoms with Gasteiger partial charge in [-0.05, 0) is 36.8 Å². The summed E-state index contributed by atoms with van der Waals surface area (Å²) in [6, 6.07) is 4.55. The molecule has 6 rings (SSSR count). The summed E-state index contributed by atoms with van der Waals surface area (Å²) >= 11 is 0. The highest BCUT2D eigenvalue weighted by molar-refractivity contribution is 5.87. The molecule has 1 aliphatic carbocycles. The van der Waals surface area contributed by atoms with Gasteiger partial charge in [0.1, 0.15) is 31.0 Å². The van der Waals surface area contributed by atoms with E-state index >= 15 is 0 Å². The molecule has 25 nitrogen and oxygen atoms in total. The first kappa shape index (κ1) is 54.7. The Hall–Kier alpha value is -6.67. The topological polar surface area (TPSA) is 305 Å².